The fourth-order valence-electron chi connectivity index (χ4n) is 2.38. The molecule has 2 aromatic rings. The Kier molecular flexibility index (Phi) is 6.07. The summed E-state index contributed by atoms with van der Waals surface area (Å²) in [6.07, 6.45) is 5.27. The maximum Gasteiger partial charge on any atom is 0.319 e. The van der Waals surface area contributed by atoms with Gasteiger partial charge in [0, 0.05) is 24.6 Å². The predicted molar refractivity (Wildman–Crippen MR) is 102 cm³/mol. The van der Waals surface area contributed by atoms with Gasteiger partial charge in [-0.3, -0.25) is 0 Å². The minimum absolute atomic E-state index is 0.0434. The van der Waals surface area contributed by atoms with E-state index in [9.17, 15) is 13.2 Å². The number of urea groups is 1. The van der Waals surface area contributed by atoms with Crippen LogP contribution in [-0.4, -0.2) is 35.8 Å². The molecular weight excluding hydrogens is 352 g/mol. The van der Waals surface area contributed by atoms with Gasteiger partial charge in [0.25, 0.3) is 0 Å². The zero-order chi connectivity index (χ0) is 19.4. The van der Waals surface area contributed by atoms with Crippen molar-refractivity contribution in [1.29, 1.82) is 0 Å². The molecule has 142 valence electrons. The van der Waals surface area contributed by atoms with Gasteiger partial charge in [0.15, 0.2) is 9.84 Å². The van der Waals surface area contributed by atoms with Crippen LogP contribution in [0.4, 0.5) is 10.5 Å². The normalized spacial score (nSPS) is 13.2. The highest BCUT2D eigenvalue weighted by Crippen LogP contribution is 2.21. The van der Waals surface area contributed by atoms with Crippen LogP contribution in [0.5, 0.6) is 0 Å². The van der Waals surface area contributed by atoms with Crippen molar-refractivity contribution in [3.63, 3.8) is 0 Å². The van der Waals surface area contributed by atoms with Crippen LogP contribution >= 0.6 is 0 Å². The third-order valence-electron chi connectivity index (χ3n) is 4.15. The van der Waals surface area contributed by atoms with Gasteiger partial charge in [-0.15, -0.1) is 0 Å². The third-order valence-corrected chi connectivity index (χ3v) is 5.91. The van der Waals surface area contributed by atoms with E-state index in [2.05, 4.69) is 36.4 Å². The van der Waals surface area contributed by atoms with Gasteiger partial charge >= 0.3 is 6.03 Å². The summed E-state index contributed by atoms with van der Waals surface area (Å²) in [5.41, 5.74) is 0.383. The maximum atomic E-state index is 12.4. The Morgan fingerprint density at radius 2 is 1.88 bits per heavy atom. The van der Waals surface area contributed by atoms with Crippen LogP contribution in [-0.2, 0) is 16.4 Å². The van der Waals surface area contributed by atoms with Crippen LogP contribution in [0.3, 0.4) is 0 Å². The Hall–Kier alpha value is -2.35. The molecule has 0 saturated heterocycles. The Morgan fingerprint density at radius 3 is 2.38 bits per heavy atom. The zero-order valence-electron chi connectivity index (χ0n) is 15.6. The number of nitrogens with zero attached hydrogens (tertiary/aromatic N) is 2. The van der Waals surface area contributed by atoms with Gasteiger partial charge in [-0.05, 0) is 29.7 Å². The van der Waals surface area contributed by atoms with E-state index in [0.29, 0.717) is 12.2 Å². The molecule has 1 aromatic carbocycles. The molecule has 0 aliphatic rings. The van der Waals surface area contributed by atoms with Gasteiger partial charge in [-0.2, -0.15) is 0 Å². The van der Waals surface area contributed by atoms with E-state index in [-0.39, 0.29) is 28.1 Å². The Balaban J connectivity index is 2.03. The summed E-state index contributed by atoms with van der Waals surface area (Å²) in [5.74, 6) is 0.0434. The smallest absolute Gasteiger partial charge is 0.319 e. The lowest BCUT2D eigenvalue weighted by Crippen LogP contribution is -2.47. The van der Waals surface area contributed by atoms with Crippen molar-refractivity contribution in [2.45, 2.75) is 45.2 Å². The number of imidazole rings is 1. The number of carbonyl (C=O) groups excluding carboxylic acids is 1. The van der Waals surface area contributed by atoms with Crippen molar-refractivity contribution in [3.05, 3.63) is 43.0 Å². The highest BCUT2D eigenvalue weighted by atomic mass is 32.2. The standard InChI is InChI=1S/C18H26N4O3S/c1-5-26(24,25)15-8-6-14(7-9-15)20-17(23)21-16(18(2,3)4)12-22-11-10-19-13-22/h6-11,13,16H,5,12H2,1-4H3,(H2,20,21,23)/t16-/m1/s1. The van der Waals surface area contributed by atoms with Crippen LogP contribution < -0.4 is 10.6 Å². The van der Waals surface area contributed by atoms with E-state index < -0.39 is 9.84 Å². The summed E-state index contributed by atoms with van der Waals surface area (Å²) in [6, 6.07) is 5.73. The van der Waals surface area contributed by atoms with Crippen LogP contribution in [0.15, 0.2) is 47.9 Å². The molecule has 0 unspecified atom stereocenters. The lowest BCUT2D eigenvalue weighted by atomic mass is 9.86. The van der Waals surface area contributed by atoms with Gasteiger partial charge < -0.3 is 15.2 Å². The molecule has 0 spiro atoms. The average Bonchev–Trinajstić information content (AvgIpc) is 3.07. The SMILES string of the molecule is CCS(=O)(=O)c1ccc(NC(=O)N[C@H](Cn2ccnc2)C(C)(C)C)cc1. The Morgan fingerprint density at radius 1 is 1.23 bits per heavy atom. The van der Waals surface area contributed by atoms with E-state index in [1.807, 2.05) is 10.8 Å². The van der Waals surface area contributed by atoms with Crippen LogP contribution in [0, 0.1) is 5.41 Å². The number of anilines is 1. The molecular formula is C18H26N4O3S. The van der Waals surface area contributed by atoms with Gasteiger partial charge in [-0.1, -0.05) is 27.7 Å². The molecule has 2 amide bonds. The van der Waals surface area contributed by atoms with Crippen molar-refractivity contribution in [2.75, 3.05) is 11.1 Å². The predicted octanol–water partition coefficient (Wildman–Crippen LogP) is 2.91. The highest BCUT2D eigenvalue weighted by molar-refractivity contribution is 7.91. The topological polar surface area (TPSA) is 93.1 Å². The molecule has 0 bridgehead atoms. The van der Waals surface area contributed by atoms with Gasteiger partial charge in [0.1, 0.15) is 0 Å². The zero-order valence-corrected chi connectivity index (χ0v) is 16.4. The second-order valence-corrected chi connectivity index (χ2v) is 9.48. The number of benzene rings is 1. The first-order valence-corrected chi connectivity index (χ1v) is 10.1. The summed E-state index contributed by atoms with van der Waals surface area (Å²) < 4.78 is 25.6. The van der Waals surface area contributed by atoms with Crippen molar-refractivity contribution in [1.82, 2.24) is 14.9 Å². The van der Waals surface area contributed by atoms with E-state index in [4.69, 9.17) is 0 Å². The van der Waals surface area contributed by atoms with Gasteiger partial charge in [0.2, 0.25) is 0 Å². The molecule has 26 heavy (non-hydrogen) atoms. The lowest BCUT2D eigenvalue weighted by Gasteiger charge is -2.31. The monoisotopic (exact) mass is 378 g/mol. The first-order valence-electron chi connectivity index (χ1n) is 8.48. The molecule has 2 rings (SSSR count). The summed E-state index contributed by atoms with van der Waals surface area (Å²) >= 11 is 0. The molecule has 0 aliphatic heterocycles. The molecule has 0 saturated carbocycles. The van der Waals surface area contributed by atoms with Crippen LogP contribution in [0.2, 0.25) is 0 Å². The highest BCUT2D eigenvalue weighted by Gasteiger charge is 2.26. The van der Waals surface area contributed by atoms with Crippen LogP contribution in [0.25, 0.3) is 0 Å². The lowest BCUT2D eigenvalue weighted by molar-refractivity contribution is 0.219. The molecule has 8 heteroatoms. The van der Waals surface area contributed by atoms with Crippen molar-refractivity contribution >= 4 is 21.6 Å². The van der Waals surface area contributed by atoms with E-state index in [1.54, 1.807) is 31.6 Å². The van der Waals surface area contributed by atoms with Gasteiger partial charge in [-0.25, -0.2) is 18.2 Å². The number of sulfone groups is 1. The molecule has 0 aliphatic carbocycles. The number of carbonyl (C=O) groups is 1. The van der Waals surface area contributed by atoms with E-state index in [1.165, 1.54) is 12.1 Å². The number of nitrogens with one attached hydrogen (secondary N) is 2. The first-order chi connectivity index (χ1) is 12.1. The summed E-state index contributed by atoms with van der Waals surface area (Å²) in [4.78, 5) is 16.6. The second kappa shape index (κ2) is 7.90. The number of rotatable bonds is 6. The average molecular weight is 378 g/mol. The number of amides is 2. The largest absolute Gasteiger partial charge is 0.335 e. The Bertz CT molecular complexity index is 822. The molecule has 0 radical (unpaired) electrons. The van der Waals surface area contributed by atoms with Crippen molar-refractivity contribution in [2.24, 2.45) is 5.41 Å². The molecule has 1 heterocycles. The summed E-state index contributed by atoms with van der Waals surface area (Å²) in [5, 5.41) is 5.73. The number of aromatic nitrogens is 2. The molecule has 1 atom stereocenters. The first kappa shape index (κ1) is 20.0. The Labute approximate surface area is 154 Å². The second-order valence-electron chi connectivity index (χ2n) is 7.20. The van der Waals surface area contributed by atoms with E-state index in [0.717, 1.165) is 0 Å². The molecule has 2 N–H and O–H groups in total. The summed E-state index contributed by atoms with van der Waals surface area (Å²) in [7, 11) is -3.25. The molecule has 7 nitrogen and oxygen atoms in total. The fourth-order valence-corrected chi connectivity index (χ4v) is 3.26. The number of hydrogen-bond acceptors (Lipinski definition) is 4. The van der Waals surface area contributed by atoms with Crippen molar-refractivity contribution < 1.29 is 13.2 Å². The summed E-state index contributed by atoms with van der Waals surface area (Å²) in [6.45, 7) is 8.37. The third kappa shape index (κ3) is 5.32. The fraction of sp³-hybridized carbons (Fsp3) is 0.444. The minimum Gasteiger partial charge on any atom is -0.335 e. The van der Waals surface area contributed by atoms with E-state index >= 15 is 0 Å². The van der Waals surface area contributed by atoms with Gasteiger partial charge in [0.05, 0.1) is 23.0 Å². The molecule has 0 fully saturated rings. The van der Waals surface area contributed by atoms with Crippen LogP contribution in [0.1, 0.15) is 27.7 Å². The quantitative estimate of drug-likeness (QED) is 0.808. The van der Waals surface area contributed by atoms with Crippen molar-refractivity contribution in [3.8, 4) is 0 Å². The maximum absolute atomic E-state index is 12.4. The molecule has 1 aromatic heterocycles. The number of hydrogen-bond donors (Lipinski definition) is 2. The minimum atomic E-state index is -3.25.